The van der Waals surface area contributed by atoms with Crippen LogP contribution in [0.5, 0.6) is 0 Å². The van der Waals surface area contributed by atoms with Crippen molar-refractivity contribution in [3.8, 4) is 0 Å². The molecule has 3 aromatic rings. The van der Waals surface area contributed by atoms with Crippen molar-refractivity contribution in [1.82, 2.24) is 19.8 Å². The predicted molar refractivity (Wildman–Crippen MR) is 124 cm³/mol. The van der Waals surface area contributed by atoms with Gasteiger partial charge in [-0.1, -0.05) is 42.5 Å². The molecule has 29 heavy (non-hydrogen) atoms. The highest BCUT2D eigenvalue weighted by Gasteiger charge is 2.11. The first kappa shape index (κ1) is 20.9. The third-order valence-corrected chi connectivity index (χ3v) is 5.21. The van der Waals surface area contributed by atoms with Crippen LogP contribution in [0.1, 0.15) is 17.5 Å². The van der Waals surface area contributed by atoms with Crippen LogP contribution in [0, 0.1) is 0 Å². The zero-order valence-corrected chi connectivity index (χ0v) is 18.0. The van der Waals surface area contributed by atoms with Crippen molar-refractivity contribution >= 4 is 23.0 Å². The second kappa shape index (κ2) is 10.6. The Morgan fingerprint density at radius 3 is 2.45 bits per heavy atom. The number of benzene rings is 2. The van der Waals surface area contributed by atoms with Crippen LogP contribution in [0.4, 0.5) is 5.69 Å². The maximum absolute atomic E-state index is 5.74. The number of hydrogen-bond acceptors (Lipinski definition) is 3. The molecule has 1 aromatic heterocycles. The SMILES string of the molecule is CN(C)c1ccc(CN(CCCn2ccnc2)C(=S)NCc2ccccc2)cc1. The van der Waals surface area contributed by atoms with E-state index in [0.29, 0.717) is 0 Å². The van der Waals surface area contributed by atoms with E-state index < -0.39 is 0 Å². The monoisotopic (exact) mass is 407 g/mol. The van der Waals surface area contributed by atoms with Crippen molar-refractivity contribution in [2.24, 2.45) is 0 Å². The highest BCUT2D eigenvalue weighted by Crippen LogP contribution is 2.14. The van der Waals surface area contributed by atoms with Crippen LogP contribution in [-0.2, 0) is 19.6 Å². The molecular weight excluding hydrogens is 378 g/mol. The highest BCUT2D eigenvalue weighted by molar-refractivity contribution is 7.80. The summed E-state index contributed by atoms with van der Waals surface area (Å²) in [4.78, 5) is 8.48. The van der Waals surface area contributed by atoms with Gasteiger partial charge in [0.05, 0.1) is 6.33 Å². The highest BCUT2D eigenvalue weighted by atomic mass is 32.1. The van der Waals surface area contributed by atoms with Crippen molar-refractivity contribution in [3.05, 3.63) is 84.4 Å². The maximum Gasteiger partial charge on any atom is 0.169 e. The first-order valence-electron chi connectivity index (χ1n) is 9.90. The van der Waals surface area contributed by atoms with Gasteiger partial charge in [0.25, 0.3) is 0 Å². The minimum Gasteiger partial charge on any atom is -0.378 e. The van der Waals surface area contributed by atoms with Gasteiger partial charge in [0.1, 0.15) is 0 Å². The van der Waals surface area contributed by atoms with Crippen LogP contribution in [0.15, 0.2) is 73.3 Å². The first-order chi connectivity index (χ1) is 14.1. The molecule has 0 bridgehead atoms. The third kappa shape index (κ3) is 6.61. The maximum atomic E-state index is 5.74. The van der Waals surface area contributed by atoms with Gasteiger partial charge in [0, 0.05) is 58.4 Å². The molecule has 0 saturated heterocycles. The normalized spacial score (nSPS) is 10.6. The van der Waals surface area contributed by atoms with Gasteiger partial charge in [-0.25, -0.2) is 4.98 Å². The van der Waals surface area contributed by atoms with Crippen LogP contribution in [0.2, 0.25) is 0 Å². The van der Waals surface area contributed by atoms with E-state index in [1.54, 1.807) is 0 Å². The number of anilines is 1. The molecule has 0 fully saturated rings. The number of imidazole rings is 1. The molecule has 0 amide bonds. The van der Waals surface area contributed by atoms with Crippen molar-refractivity contribution in [1.29, 1.82) is 0 Å². The number of aryl methyl sites for hydroxylation is 1. The van der Waals surface area contributed by atoms with Crippen LogP contribution in [-0.4, -0.2) is 40.2 Å². The molecule has 2 aromatic carbocycles. The molecule has 1 heterocycles. The smallest absolute Gasteiger partial charge is 0.169 e. The van der Waals surface area contributed by atoms with Crippen LogP contribution in [0.25, 0.3) is 0 Å². The molecule has 0 saturated carbocycles. The summed E-state index contributed by atoms with van der Waals surface area (Å²) in [5, 5.41) is 4.21. The summed E-state index contributed by atoms with van der Waals surface area (Å²) in [5.41, 5.74) is 3.68. The quantitative estimate of drug-likeness (QED) is 0.544. The fourth-order valence-electron chi connectivity index (χ4n) is 3.12. The summed E-state index contributed by atoms with van der Waals surface area (Å²) in [7, 11) is 4.11. The number of hydrogen-bond donors (Lipinski definition) is 1. The van der Waals surface area contributed by atoms with Crippen molar-refractivity contribution < 1.29 is 0 Å². The zero-order chi connectivity index (χ0) is 20.5. The Morgan fingerprint density at radius 2 is 1.79 bits per heavy atom. The average Bonchev–Trinajstić information content (AvgIpc) is 3.26. The van der Waals surface area contributed by atoms with Gasteiger partial charge in [-0.05, 0) is 41.9 Å². The first-order valence-corrected chi connectivity index (χ1v) is 10.3. The van der Waals surface area contributed by atoms with E-state index in [9.17, 15) is 0 Å². The largest absolute Gasteiger partial charge is 0.378 e. The number of nitrogens with one attached hydrogen (secondary N) is 1. The van der Waals surface area contributed by atoms with Gasteiger partial charge in [-0.15, -0.1) is 0 Å². The van der Waals surface area contributed by atoms with Crippen molar-refractivity contribution in [3.63, 3.8) is 0 Å². The molecule has 0 unspecified atom stereocenters. The molecular formula is C23H29N5S. The molecule has 0 spiro atoms. The van der Waals surface area contributed by atoms with E-state index in [2.05, 4.69) is 87.3 Å². The summed E-state index contributed by atoms with van der Waals surface area (Å²) in [6.45, 7) is 3.33. The van der Waals surface area contributed by atoms with Crippen molar-refractivity contribution in [2.45, 2.75) is 26.1 Å². The van der Waals surface area contributed by atoms with Crippen LogP contribution < -0.4 is 10.2 Å². The Kier molecular flexibility index (Phi) is 7.64. The topological polar surface area (TPSA) is 36.3 Å². The second-order valence-corrected chi connectivity index (χ2v) is 7.67. The van der Waals surface area contributed by atoms with Crippen LogP contribution >= 0.6 is 12.2 Å². The van der Waals surface area contributed by atoms with Gasteiger partial charge in [0.2, 0.25) is 0 Å². The summed E-state index contributed by atoms with van der Waals surface area (Å²) in [6, 6.07) is 19.0. The third-order valence-electron chi connectivity index (χ3n) is 4.80. The van der Waals surface area contributed by atoms with Gasteiger partial charge in [-0.3, -0.25) is 0 Å². The Balaban J connectivity index is 1.61. The summed E-state index contributed by atoms with van der Waals surface area (Å²) < 4.78 is 2.10. The summed E-state index contributed by atoms with van der Waals surface area (Å²) in [5.74, 6) is 0. The number of aromatic nitrogens is 2. The predicted octanol–water partition coefficient (Wildman–Crippen LogP) is 3.92. The standard InChI is InChI=1S/C23H29N5S/c1-26(2)22-11-9-21(10-12-22)18-28(15-6-14-27-16-13-24-19-27)23(29)25-17-20-7-4-3-5-8-20/h3-5,7-13,16,19H,6,14-15,17-18H2,1-2H3,(H,25,29). The van der Waals surface area contributed by atoms with E-state index in [1.165, 1.54) is 16.8 Å². The lowest BCUT2D eigenvalue weighted by atomic mass is 10.2. The Morgan fingerprint density at radius 1 is 1.03 bits per heavy atom. The molecule has 0 radical (unpaired) electrons. The molecule has 0 atom stereocenters. The van der Waals surface area contributed by atoms with Gasteiger partial charge in [-0.2, -0.15) is 0 Å². The number of thiocarbonyl (C=S) groups is 1. The van der Waals surface area contributed by atoms with Gasteiger partial charge >= 0.3 is 0 Å². The Hall–Kier alpha value is -2.86. The number of rotatable bonds is 9. The molecule has 0 aliphatic rings. The molecule has 152 valence electrons. The van der Waals surface area contributed by atoms with E-state index >= 15 is 0 Å². The summed E-state index contributed by atoms with van der Waals surface area (Å²) >= 11 is 5.74. The minimum absolute atomic E-state index is 0.733. The van der Waals surface area contributed by atoms with E-state index in [-0.39, 0.29) is 0 Å². The molecule has 0 aliphatic carbocycles. The second-order valence-electron chi connectivity index (χ2n) is 7.28. The molecule has 6 heteroatoms. The van der Waals surface area contributed by atoms with Gasteiger partial charge in [0.15, 0.2) is 5.11 Å². The average molecular weight is 408 g/mol. The van der Waals surface area contributed by atoms with E-state index in [0.717, 1.165) is 37.7 Å². The van der Waals surface area contributed by atoms with E-state index in [1.807, 2.05) is 24.8 Å². The lowest BCUT2D eigenvalue weighted by Gasteiger charge is -2.26. The minimum atomic E-state index is 0.733. The lowest BCUT2D eigenvalue weighted by Crippen LogP contribution is -2.39. The zero-order valence-electron chi connectivity index (χ0n) is 17.2. The molecule has 1 N–H and O–H groups in total. The summed E-state index contributed by atoms with van der Waals surface area (Å²) in [6.07, 6.45) is 6.67. The van der Waals surface area contributed by atoms with Crippen LogP contribution in [0.3, 0.4) is 0 Å². The molecule has 3 rings (SSSR count). The Bertz CT molecular complexity index is 860. The molecule has 0 aliphatic heterocycles. The number of nitrogens with zero attached hydrogens (tertiary/aromatic N) is 4. The fraction of sp³-hybridized carbons (Fsp3) is 0.304. The fourth-order valence-corrected chi connectivity index (χ4v) is 3.35. The lowest BCUT2D eigenvalue weighted by molar-refractivity contribution is 0.384. The van der Waals surface area contributed by atoms with Gasteiger partial charge < -0.3 is 19.7 Å². The van der Waals surface area contributed by atoms with E-state index in [4.69, 9.17) is 12.2 Å². The Labute approximate surface area is 179 Å². The van der Waals surface area contributed by atoms with Crippen molar-refractivity contribution in [2.75, 3.05) is 25.5 Å². The molecule has 5 nitrogen and oxygen atoms in total.